The molecule has 0 fully saturated rings. The van der Waals surface area contributed by atoms with Gasteiger partial charge in [-0.1, -0.05) is 461 Å². The molecule has 0 saturated heterocycles. The minimum atomic E-state index is 1.22. The van der Waals surface area contributed by atoms with Crippen LogP contribution in [0.1, 0.15) is 0 Å². The Kier molecular flexibility index (Phi) is 20.2. The maximum absolute atomic E-state index is 2.39. The highest BCUT2D eigenvalue weighted by Crippen LogP contribution is 2.51. The lowest BCUT2D eigenvalue weighted by Crippen LogP contribution is -1.93. The fraction of sp³-hybridized carbons (Fsp3) is 0. The summed E-state index contributed by atoms with van der Waals surface area (Å²) in [7, 11) is 0. The van der Waals surface area contributed by atoms with Gasteiger partial charge in [0.05, 0.1) is 0 Å². The largest absolute Gasteiger partial charge is 0.0622 e. The molecule has 0 aliphatic carbocycles. The molecule has 0 aliphatic heterocycles. The van der Waals surface area contributed by atoms with E-state index in [0.29, 0.717) is 0 Å². The molecule has 24 aromatic carbocycles. The molecule has 0 saturated carbocycles. The Balaban J connectivity index is 0.000000112. The zero-order valence-electron chi connectivity index (χ0n) is 69.5. The Hall–Kier alpha value is -16.4. The average Bonchev–Trinajstić information content (AvgIpc) is 0.717. The lowest BCUT2D eigenvalue weighted by Gasteiger charge is -2.20. The second kappa shape index (κ2) is 33.6. The van der Waals surface area contributed by atoms with Crippen LogP contribution in [0.2, 0.25) is 0 Å². The van der Waals surface area contributed by atoms with E-state index in [-0.39, 0.29) is 0 Å². The van der Waals surface area contributed by atoms with Crippen LogP contribution in [0.3, 0.4) is 0 Å². The van der Waals surface area contributed by atoms with Gasteiger partial charge >= 0.3 is 0 Å². The highest BCUT2D eigenvalue weighted by molar-refractivity contribution is 6.26. The Morgan fingerprint density at radius 2 is 0.278 bits per heavy atom. The number of hydrogen-bond donors (Lipinski definition) is 0. The Morgan fingerprint density at radius 1 is 0.0794 bits per heavy atom. The van der Waals surface area contributed by atoms with Crippen LogP contribution in [0.4, 0.5) is 0 Å². The van der Waals surface area contributed by atoms with Crippen LogP contribution in [0.15, 0.2) is 510 Å². The molecule has 0 aliphatic rings. The predicted octanol–water partition coefficient (Wildman–Crippen LogP) is 35.4. The lowest BCUT2D eigenvalue weighted by molar-refractivity contribution is 1.58. The van der Waals surface area contributed by atoms with Crippen molar-refractivity contribution in [2.75, 3.05) is 0 Å². The van der Waals surface area contributed by atoms with Crippen molar-refractivity contribution in [2.45, 2.75) is 0 Å². The molecular formula is C126H84. The Morgan fingerprint density at radius 3 is 0.595 bits per heavy atom. The summed E-state index contributed by atoms with van der Waals surface area (Å²) in [5.41, 5.74) is 29.9. The third-order valence-electron chi connectivity index (χ3n) is 25.3. The van der Waals surface area contributed by atoms with Gasteiger partial charge in [-0.05, 0) is 279 Å². The van der Waals surface area contributed by atoms with Crippen molar-refractivity contribution in [1.29, 1.82) is 0 Å². The number of fused-ring (bicyclic) bond motifs is 9. The van der Waals surface area contributed by atoms with Crippen molar-refractivity contribution in [1.82, 2.24) is 0 Å². The molecule has 0 radical (unpaired) electrons. The highest BCUT2D eigenvalue weighted by atomic mass is 14.3. The molecule has 0 unspecified atom stereocenters. The maximum atomic E-state index is 2.39. The molecule has 126 heavy (non-hydrogen) atoms. The summed E-state index contributed by atoms with van der Waals surface area (Å²) in [5.74, 6) is 0. The van der Waals surface area contributed by atoms with Gasteiger partial charge in [-0.15, -0.1) is 0 Å². The van der Waals surface area contributed by atoms with Gasteiger partial charge in [0.25, 0.3) is 0 Å². The average molecular weight is 1600 g/mol. The number of benzene rings is 24. The molecule has 0 spiro atoms. The molecule has 24 rings (SSSR count). The number of hydrogen-bond acceptors (Lipinski definition) is 0. The van der Waals surface area contributed by atoms with Crippen molar-refractivity contribution in [3.8, 4) is 134 Å². The Labute approximate surface area is 734 Å². The van der Waals surface area contributed by atoms with Gasteiger partial charge in [-0.25, -0.2) is 0 Å². The first kappa shape index (κ1) is 75.8. The minimum absolute atomic E-state index is 1.22. The van der Waals surface area contributed by atoms with Crippen molar-refractivity contribution in [3.05, 3.63) is 510 Å². The summed E-state index contributed by atoms with van der Waals surface area (Å²) >= 11 is 0. The predicted molar refractivity (Wildman–Crippen MR) is 542 cm³/mol. The zero-order chi connectivity index (χ0) is 83.6. The second-order valence-electron chi connectivity index (χ2n) is 32.7. The standard InChI is InChI=1S/3C42H28/c1-3-14-30(15-4-1)35-26-25-34(28-40(35)31-16-5-2-6-17-31)42-38-21-11-9-19-36(38)41(37-20-10-12-22-39(37)42)33-24-23-29-13-7-8-18-32(29)27-33;1-3-13-29(14-4-1)33-25-26-39(40(28-33)31-16-5-2-6-17-31)42-37-21-11-9-19-35(37)41(36-20-10-12-22-38(36)42)34-24-23-30-15-7-8-18-32(30)27-34;1-3-13-29(14-4-1)34-26-35(30-15-5-2-6-16-30)28-36(27-34)42-39-21-11-9-19-37(39)41(38-20-10-12-22-40(38)42)33-24-23-31-17-7-8-18-32(31)25-33/h3*1-28H. The normalized spacial score (nSPS) is 11.3. The van der Waals surface area contributed by atoms with Crippen LogP contribution < -0.4 is 0 Å². The Bertz CT molecular complexity index is 7990. The molecule has 0 heteroatoms. The molecule has 0 N–H and O–H groups in total. The van der Waals surface area contributed by atoms with E-state index in [1.165, 1.54) is 230 Å². The summed E-state index contributed by atoms with van der Waals surface area (Å²) < 4.78 is 0. The van der Waals surface area contributed by atoms with Gasteiger partial charge in [0.2, 0.25) is 0 Å². The fourth-order valence-electron chi connectivity index (χ4n) is 19.5. The quantitative estimate of drug-likeness (QED) is 0.107. The zero-order valence-corrected chi connectivity index (χ0v) is 69.5. The van der Waals surface area contributed by atoms with E-state index in [9.17, 15) is 0 Å². The van der Waals surface area contributed by atoms with Crippen LogP contribution in [0, 0.1) is 0 Å². The smallest absolute Gasteiger partial charge is 0.00201 e. The van der Waals surface area contributed by atoms with Crippen LogP contribution in [0.25, 0.3) is 230 Å². The van der Waals surface area contributed by atoms with Crippen LogP contribution in [0.5, 0.6) is 0 Å². The van der Waals surface area contributed by atoms with Crippen molar-refractivity contribution in [2.24, 2.45) is 0 Å². The van der Waals surface area contributed by atoms with E-state index in [1.807, 2.05) is 0 Å². The molecule has 24 aromatic rings. The number of rotatable bonds is 12. The molecule has 0 heterocycles. The molecule has 0 atom stereocenters. The molecule has 588 valence electrons. The lowest BCUT2D eigenvalue weighted by atomic mass is 9.83. The fourth-order valence-corrected chi connectivity index (χ4v) is 19.5. The molecule has 0 aromatic heterocycles. The molecule has 0 bridgehead atoms. The van der Waals surface area contributed by atoms with Gasteiger partial charge in [-0.3, -0.25) is 0 Å². The van der Waals surface area contributed by atoms with Crippen LogP contribution in [-0.2, 0) is 0 Å². The molecular weight excluding hydrogens is 1510 g/mol. The van der Waals surface area contributed by atoms with Crippen molar-refractivity contribution >= 4 is 97.0 Å². The molecule has 0 nitrogen and oxygen atoms in total. The van der Waals surface area contributed by atoms with E-state index in [0.717, 1.165) is 0 Å². The maximum Gasteiger partial charge on any atom is -0.00201 e. The monoisotopic (exact) mass is 1600 g/mol. The summed E-state index contributed by atoms with van der Waals surface area (Å²) in [5, 5.41) is 22.8. The summed E-state index contributed by atoms with van der Waals surface area (Å²) in [6, 6.07) is 185. The third-order valence-corrected chi connectivity index (χ3v) is 25.3. The molecule has 0 amide bonds. The van der Waals surface area contributed by atoms with E-state index in [4.69, 9.17) is 0 Å². The highest BCUT2D eigenvalue weighted by Gasteiger charge is 2.24. The SMILES string of the molecule is c1ccc(-c2cc(-c3ccccc3)cc(-c3c4ccccc4c(-c4ccc5ccccc5c4)c4ccccc34)c2)cc1.c1ccc(-c2ccc(-c3c4ccccc4c(-c4ccc5ccccc5c4)c4ccccc34)c(-c3ccccc3)c2)cc1.c1ccc(-c2ccc(-c3c4ccccc4c(-c4ccc5ccccc5c4)c4ccccc34)cc2-c2ccccc2)cc1. The first-order valence-corrected chi connectivity index (χ1v) is 43.6. The van der Waals surface area contributed by atoms with Crippen LogP contribution >= 0.6 is 0 Å². The summed E-state index contributed by atoms with van der Waals surface area (Å²) in [4.78, 5) is 0. The van der Waals surface area contributed by atoms with E-state index in [1.54, 1.807) is 0 Å². The third kappa shape index (κ3) is 14.4. The van der Waals surface area contributed by atoms with Crippen molar-refractivity contribution in [3.63, 3.8) is 0 Å². The van der Waals surface area contributed by atoms with Crippen molar-refractivity contribution < 1.29 is 0 Å². The van der Waals surface area contributed by atoms with Gasteiger partial charge in [0, 0.05) is 0 Å². The second-order valence-corrected chi connectivity index (χ2v) is 32.7. The van der Waals surface area contributed by atoms with E-state index < -0.39 is 0 Å². The van der Waals surface area contributed by atoms with Crippen LogP contribution in [-0.4, -0.2) is 0 Å². The van der Waals surface area contributed by atoms with Gasteiger partial charge < -0.3 is 0 Å². The first-order chi connectivity index (χ1) is 62.5. The summed E-state index contributed by atoms with van der Waals surface area (Å²) in [6.07, 6.45) is 0. The minimum Gasteiger partial charge on any atom is -0.0622 e. The summed E-state index contributed by atoms with van der Waals surface area (Å²) in [6.45, 7) is 0. The van der Waals surface area contributed by atoms with E-state index >= 15 is 0 Å². The topological polar surface area (TPSA) is 0 Å². The first-order valence-electron chi connectivity index (χ1n) is 43.6. The van der Waals surface area contributed by atoms with E-state index in [2.05, 4.69) is 510 Å². The van der Waals surface area contributed by atoms with Gasteiger partial charge in [0.1, 0.15) is 0 Å². The van der Waals surface area contributed by atoms with Gasteiger partial charge in [-0.2, -0.15) is 0 Å². The van der Waals surface area contributed by atoms with Gasteiger partial charge in [0.15, 0.2) is 0 Å².